The molecular weight excluding hydrogens is 268 g/mol. The number of hydrogen-bond acceptors (Lipinski definition) is 2. The second-order valence-electron chi connectivity index (χ2n) is 5.54. The Morgan fingerprint density at radius 3 is 2.71 bits per heavy atom. The Labute approximate surface area is 125 Å². The lowest BCUT2D eigenvalue weighted by molar-refractivity contribution is 0.0696. The van der Waals surface area contributed by atoms with E-state index >= 15 is 0 Å². The molecule has 0 aliphatic heterocycles. The van der Waals surface area contributed by atoms with Gasteiger partial charge in [0.1, 0.15) is 0 Å². The second-order valence-corrected chi connectivity index (χ2v) is 5.54. The number of carbonyl (C=O) groups excluding carboxylic acids is 1. The first-order chi connectivity index (χ1) is 10.1. The fourth-order valence-corrected chi connectivity index (χ4v) is 2.76. The Hall–Kier alpha value is -2.04. The average Bonchev–Trinajstić information content (AvgIpc) is 3.00. The number of hydrogen-bond donors (Lipinski definition) is 2. The predicted octanol–water partition coefficient (Wildman–Crippen LogP) is 2.51. The molecule has 1 fully saturated rings. The van der Waals surface area contributed by atoms with Gasteiger partial charge in [-0.25, -0.2) is 9.59 Å². The Bertz CT molecular complexity index is 510. The lowest BCUT2D eigenvalue weighted by atomic mass is 10.1. The first kappa shape index (κ1) is 15.4. The summed E-state index contributed by atoms with van der Waals surface area (Å²) in [4.78, 5) is 24.7. The lowest BCUT2D eigenvalue weighted by Gasteiger charge is -2.24. The van der Waals surface area contributed by atoms with Gasteiger partial charge in [0.15, 0.2) is 0 Å². The molecule has 2 N–H and O–H groups in total. The van der Waals surface area contributed by atoms with E-state index in [4.69, 9.17) is 5.11 Å². The van der Waals surface area contributed by atoms with Gasteiger partial charge in [-0.2, -0.15) is 0 Å². The van der Waals surface area contributed by atoms with Gasteiger partial charge < -0.3 is 15.3 Å². The highest BCUT2D eigenvalue weighted by Crippen LogP contribution is 2.22. The standard InChI is InChI=1S/C16H22N2O3/c1-18(14-7-2-3-8-14)16(21)17-10-9-12-5-4-6-13(11-12)15(19)20/h4-6,11,14H,2-3,7-10H2,1H3,(H,17,21)(H,19,20). The molecule has 0 aromatic heterocycles. The Kier molecular flexibility index (Phi) is 5.20. The van der Waals surface area contributed by atoms with Crippen LogP contribution in [0.2, 0.25) is 0 Å². The van der Waals surface area contributed by atoms with Crippen LogP contribution in [0.25, 0.3) is 0 Å². The van der Waals surface area contributed by atoms with E-state index in [-0.39, 0.29) is 11.6 Å². The largest absolute Gasteiger partial charge is 0.478 e. The summed E-state index contributed by atoms with van der Waals surface area (Å²) in [7, 11) is 1.84. The third kappa shape index (κ3) is 4.21. The molecular formula is C16H22N2O3. The van der Waals surface area contributed by atoms with Gasteiger partial charge in [0, 0.05) is 19.6 Å². The molecule has 0 radical (unpaired) electrons. The van der Waals surface area contributed by atoms with Crippen LogP contribution < -0.4 is 5.32 Å². The van der Waals surface area contributed by atoms with Gasteiger partial charge in [0.2, 0.25) is 0 Å². The zero-order valence-corrected chi connectivity index (χ0v) is 12.3. The first-order valence-electron chi connectivity index (χ1n) is 7.41. The van der Waals surface area contributed by atoms with Crippen molar-refractivity contribution in [1.82, 2.24) is 10.2 Å². The van der Waals surface area contributed by atoms with Gasteiger partial charge in [-0.1, -0.05) is 25.0 Å². The number of amides is 2. The van der Waals surface area contributed by atoms with Crippen LogP contribution >= 0.6 is 0 Å². The van der Waals surface area contributed by atoms with E-state index in [9.17, 15) is 9.59 Å². The van der Waals surface area contributed by atoms with Gasteiger partial charge in [0.05, 0.1) is 5.56 Å². The molecule has 114 valence electrons. The molecule has 1 aliphatic rings. The van der Waals surface area contributed by atoms with Gasteiger partial charge in [-0.05, 0) is 37.0 Å². The molecule has 5 nitrogen and oxygen atoms in total. The summed E-state index contributed by atoms with van der Waals surface area (Å²) < 4.78 is 0. The van der Waals surface area contributed by atoms with Crippen molar-refractivity contribution in [2.45, 2.75) is 38.1 Å². The molecule has 1 aromatic carbocycles. The van der Waals surface area contributed by atoms with E-state index in [1.54, 1.807) is 23.1 Å². The Morgan fingerprint density at radius 1 is 1.33 bits per heavy atom. The number of urea groups is 1. The molecule has 0 saturated heterocycles. The van der Waals surface area contributed by atoms with Gasteiger partial charge in [-0.15, -0.1) is 0 Å². The summed E-state index contributed by atoms with van der Waals surface area (Å²) in [5.74, 6) is -0.929. The number of nitrogens with zero attached hydrogens (tertiary/aromatic N) is 1. The number of carbonyl (C=O) groups is 2. The lowest BCUT2D eigenvalue weighted by Crippen LogP contribution is -2.43. The van der Waals surface area contributed by atoms with E-state index < -0.39 is 5.97 Å². The monoisotopic (exact) mass is 290 g/mol. The molecule has 0 heterocycles. The van der Waals surface area contributed by atoms with Crippen LogP contribution in [0.1, 0.15) is 41.6 Å². The number of carboxylic acid groups (broad SMARTS) is 1. The van der Waals surface area contributed by atoms with E-state index in [1.807, 2.05) is 13.1 Å². The topological polar surface area (TPSA) is 69.6 Å². The van der Waals surface area contributed by atoms with E-state index in [2.05, 4.69) is 5.32 Å². The maximum Gasteiger partial charge on any atom is 0.335 e. The third-order valence-electron chi connectivity index (χ3n) is 4.06. The molecule has 0 atom stereocenters. The summed E-state index contributed by atoms with van der Waals surface area (Å²) in [6.45, 7) is 0.513. The van der Waals surface area contributed by atoms with Crippen molar-refractivity contribution in [2.24, 2.45) is 0 Å². The predicted molar refractivity (Wildman–Crippen MR) is 80.5 cm³/mol. The zero-order valence-electron chi connectivity index (χ0n) is 12.3. The fraction of sp³-hybridized carbons (Fsp3) is 0.500. The summed E-state index contributed by atoms with van der Waals surface area (Å²) >= 11 is 0. The molecule has 2 rings (SSSR count). The minimum atomic E-state index is -0.929. The normalized spacial score (nSPS) is 14.9. The van der Waals surface area contributed by atoms with Crippen LogP contribution in [-0.2, 0) is 6.42 Å². The van der Waals surface area contributed by atoms with E-state index in [0.29, 0.717) is 19.0 Å². The van der Waals surface area contributed by atoms with E-state index in [0.717, 1.165) is 18.4 Å². The van der Waals surface area contributed by atoms with Crippen LogP contribution in [-0.4, -0.2) is 41.6 Å². The van der Waals surface area contributed by atoms with Gasteiger partial charge in [0.25, 0.3) is 0 Å². The van der Waals surface area contributed by atoms with Crippen molar-refractivity contribution >= 4 is 12.0 Å². The SMILES string of the molecule is CN(C(=O)NCCc1cccc(C(=O)O)c1)C1CCCC1. The van der Waals surface area contributed by atoms with Crippen LogP contribution in [0.3, 0.4) is 0 Å². The molecule has 1 aliphatic carbocycles. The van der Waals surface area contributed by atoms with Crippen molar-refractivity contribution in [1.29, 1.82) is 0 Å². The molecule has 0 spiro atoms. The van der Waals surface area contributed by atoms with Gasteiger partial charge in [-0.3, -0.25) is 0 Å². The summed E-state index contributed by atoms with van der Waals surface area (Å²) in [5.41, 5.74) is 1.20. The minimum Gasteiger partial charge on any atom is -0.478 e. The van der Waals surface area contributed by atoms with E-state index in [1.165, 1.54) is 12.8 Å². The molecule has 1 saturated carbocycles. The average molecular weight is 290 g/mol. The first-order valence-corrected chi connectivity index (χ1v) is 7.41. The zero-order chi connectivity index (χ0) is 15.2. The number of nitrogens with one attached hydrogen (secondary N) is 1. The summed E-state index contributed by atoms with van der Waals surface area (Å²) in [5, 5.41) is 11.8. The number of benzene rings is 1. The molecule has 21 heavy (non-hydrogen) atoms. The van der Waals surface area contributed by atoms with Gasteiger partial charge >= 0.3 is 12.0 Å². The summed E-state index contributed by atoms with van der Waals surface area (Å²) in [6, 6.07) is 7.13. The molecule has 0 bridgehead atoms. The third-order valence-corrected chi connectivity index (χ3v) is 4.06. The van der Waals surface area contributed by atoms with Crippen LogP contribution in [0.4, 0.5) is 4.79 Å². The van der Waals surface area contributed by atoms with Crippen molar-refractivity contribution in [3.63, 3.8) is 0 Å². The van der Waals surface area contributed by atoms with Crippen molar-refractivity contribution < 1.29 is 14.7 Å². The van der Waals surface area contributed by atoms with Crippen LogP contribution in [0.15, 0.2) is 24.3 Å². The molecule has 2 amide bonds. The van der Waals surface area contributed by atoms with Crippen LogP contribution in [0, 0.1) is 0 Å². The Balaban J connectivity index is 1.79. The highest BCUT2D eigenvalue weighted by Gasteiger charge is 2.22. The van der Waals surface area contributed by atoms with Crippen molar-refractivity contribution in [3.8, 4) is 0 Å². The maximum absolute atomic E-state index is 12.0. The fourth-order valence-electron chi connectivity index (χ4n) is 2.76. The quantitative estimate of drug-likeness (QED) is 0.875. The number of carboxylic acids is 1. The highest BCUT2D eigenvalue weighted by atomic mass is 16.4. The number of aromatic carboxylic acids is 1. The van der Waals surface area contributed by atoms with Crippen LogP contribution in [0.5, 0.6) is 0 Å². The minimum absolute atomic E-state index is 0.0451. The smallest absolute Gasteiger partial charge is 0.335 e. The molecule has 5 heteroatoms. The maximum atomic E-state index is 12.0. The Morgan fingerprint density at radius 2 is 2.05 bits per heavy atom. The highest BCUT2D eigenvalue weighted by molar-refractivity contribution is 5.87. The molecule has 1 aromatic rings. The molecule has 0 unspecified atom stereocenters. The van der Waals surface area contributed by atoms with Crippen molar-refractivity contribution in [3.05, 3.63) is 35.4 Å². The number of rotatable bonds is 5. The summed E-state index contributed by atoms with van der Waals surface area (Å²) in [6.07, 6.45) is 5.20. The van der Waals surface area contributed by atoms with Crippen molar-refractivity contribution in [2.75, 3.05) is 13.6 Å². The second kappa shape index (κ2) is 7.11.